The number of aliphatic hydroxyl groups excluding tert-OH is 1. The zero-order chi connectivity index (χ0) is 27.1. The molecule has 0 aliphatic carbocycles. The van der Waals surface area contributed by atoms with Crippen molar-refractivity contribution in [2.75, 3.05) is 37.8 Å². The third-order valence-electron chi connectivity index (χ3n) is 6.78. The Bertz CT molecular complexity index is 1410. The van der Waals surface area contributed by atoms with Crippen LogP contribution in [0.1, 0.15) is 48.3 Å². The van der Waals surface area contributed by atoms with Gasteiger partial charge < -0.3 is 24.4 Å². The zero-order valence-electron chi connectivity index (χ0n) is 20.9. The van der Waals surface area contributed by atoms with E-state index in [1.54, 1.807) is 45.4 Å². The van der Waals surface area contributed by atoms with Gasteiger partial charge in [-0.1, -0.05) is 26.8 Å². The second-order valence-corrected chi connectivity index (χ2v) is 11.4. The first-order chi connectivity index (χ1) is 17.4. The molecule has 1 aliphatic heterocycles. The lowest BCUT2D eigenvalue weighted by atomic mass is 9.86. The van der Waals surface area contributed by atoms with Gasteiger partial charge in [-0.25, -0.2) is 13.6 Å². The van der Waals surface area contributed by atoms with Gasteiger partial charge in [0.05, 0.1) is 40.6 Å². The molecule has 1 aromatic heterocycles. The fourth-order valence-corrected chi connectivity index (χ4v) is 5.35. The van der Waals surface area contributed by atoms with Crippen molar-refractivity contribution in [3.05, 3.63) is 72.6 Å². The molecule has 2 aromatic carbocycles. The van der Waals surface area contributed by atoms with Crippen LogP contribution in [-0.4, -0.2) is 53.7 Å². The molecular weight excluding hydrogens is 597 g/mol. The minimum Gasteiger partial charge on any atom is -0.477 e. The van der Waals surface area contributed by atoms with Gasteiger partial charge >= 0.3 is 5.97 Å². The highest BCUT2D eigenvalue weighted by molar-refractivity contribution is 14.1. The third-order valence-corrected chi connectivity index (χ3v) is 7.73. The standard InChI is InChI=1S/C27H29F2IN2O5/c1-27(2,3)21(14-33)32-13-18(26(35)36)25(34)17-11-15(4-5-19(17)32)10-16-12-20(23(29)24(30)22(16)28)31-6-8-37-9-7-31/h4-5,11-13,21,33H,6-10,14H2,1-3H3,(H,35,36). The molecule has 2 N–H and O–H groups in total. The Kier molecular flexibility index (Phi) is 7.91. The van der Waals surface area contributed by atoms with Gasteiger partial charge in [-0.15, -0.1) is 0 Å². The average molecular weight is 626 g/mol. The van der Waals surface area contributed by atoms with Crippen LogP contribution < -0.4 is 10.3 Å². The number of ether oxygens (including phenoxy) is 1. The van der Waals surface area contributed by atoms with Gasteiger partial charge in [-0.2, -0.15) is 0 Å². The lowest BCUT2D eigenvalue weighted by Crippen LogP contribution is -2.37. The number of fused-ring (bicyclic) bond motifs is 1. The molecule has 0 saturated carbocycles. The molecule has 7 nitrogen and oxygen atoms in total. The second kappa shape index (κ2) is 10.7. The molecule has 1 aliphatic rings. The molecule has 37 heavy (non-hydrogen) atoms. The Morgan fingerprint density at radius 3 is 2.43 bits per heavy atom. The maximum absolute atomic E-state index is 15.1. The number of aliphatic hydroxyl groups is 1. The predicted molar refractivity (Wildman–Crippen MR) is 146 cm³/mol. The van der Waals surface area contributed by atoms with E-state index >= 15 is 4.39 Å². The first kappa shape index (κ1) is 27.5. The Labute approximate surface area is 226 Å². The van der Waals surface area contributed by atoms with E-state index in [1.165, 1.54) is 12.3 Å². The number of hydrogen-bond donors (Lipinski definition) is 2. The highest BCUT2D eigenvalue weighted by Crippen LogP contribution is 2.34. The Morgan fingerprint density at radius 2 is 1.84 bits per heavy atom. The number of rotatable bonds is 6. The van der Waals surface area contributed by atoms with Crippen LogP contribution in [0, 0.1) is 20.6 Å². The maximum atomic E-state index is 15.1. The number of aromatic carboxylic acids is 1. The molecule has 0 radical (unpaired) electrons. The van der Waals surface area contributed by atoms with Crippen LogP contribution in [0.2, 0.25) is 0 Å². The van der Waals surface area contributed by atoms with Crippen LogP contribution >= 0.6 is 22.6 Å². The van der Waals surface area contributed by atoms with Gasteiger partial charge in [0.1, 0.15) is 11.4 Å². The summed E-state index contributed by atoms with van der Waals surface area (Å²) in [7, 11) is 0. The van der Waals surface area contributed by atoms with E-state index < -0.39 is 40.1 Å². The van der Waals surface area contributed by atoms with E-state index in [2.05, 4.69) is 0 Å². The van der Waals surface area contributed by atoms with Crippen LogP contribution in [0.15, 0.2) is 35.3 Å². The summed E-state index contributed by atoms with van der Waals surface area (Å²) in [5.41, 5.74) is 0.106. The molecule has 1 atom stereocenters. The molecule has 0 bridgehead atoms. The lowest BCUT2D eigenvalue weighted by Gasteiger charge is -2.32. The molecule has 198 valence electrons. The highest BCUT2D eigenvalue weighted by atomic mass is 127. The molecule has 3 aromatic rings. The van der Waals surface area contributed by atoms with Gasteiger partial charge in [0.2, 0.25) is 5.43 Å². The molecular formula is C27H29F2IN2O5. The topological polar surface area (TPSA) is 92.0 Å². The fraction of sp³-hybridized carbons (Fsp3) is 0.407. The zero-order valence-corrected chi connectivity index (χ0v) is 23.0. The quantitative estimate of drug-likeness (QED) is 0.308. The van der Waals surface area contributed by atoms with Crippen LogP contribution in [0.25, 0.3) is 10.9 Å². The summed E-state index contributed by atoms with van der Waals surface area (Å²) >= 11 is 1.66. The number of benzene rings is 2. The van der Waals surface area contributed by atoms with Crippen LogP contribution in [0.3, 0.4) is 0 Å². The van der Waals surface area contributed by atoms with Crippen LogP contribution in [0.4, 0.5) is 14.5 Å². The van der Waals surface area contributed by atoms with Gasteiger partial charge in [0, 0.05) is 31.1 Å². The first-order valence-electron chi connectivity index (χ1n) is 11.9. The van der Waals surface area contributed by atoms with E-state index in [-0.39, 0.29) is 27.5 Å². The van der Waals surface area contributed by atoms with E-state index in [0.29, 0.717) is 43.1 Å². The number of morpholine rings is 1. The molecule has 0 amide bonds. The number of anilines is 1. The molecule has 10 heteroatoms. The molecule has 2 heterocycles. The van der Waals surface area contributed by atoms with Gasteiger partial charge in [0.15, 0.2) is 5.82 Å². The van der Waals surface area contributed by atoms with Gasteiger partial charge in [-0.3, -0.25) is 4.79 Å². The summed E-state index contributed by atoms with van der Waals surface area (Å²) in [5, 5.41) is 19.9. The number of carboxylic acids is 1. The SMILES string of the molecule is CC(C)(C)C(CO)n1cc(C(=O)O)c(=O)c2cc(Cc3cc(N4CCOCC4)c(F)c(I)c3F)ccc21. The normalized spacial score (nSPS) is 15.3. The van der Waals surface area contributed by atoms with Crippen molar-refractivity contribution < 1.29 is 28.5 Å². The van der Waals surface area contributed by atoms with E-state index in [9.17, 15) is 24.2 Å². The number of halogens is 3. The van der Waals surface area contributed by atoms with Crippen molar-refractivity contribution in [1.82, 2.24) is 4.57 Å². The van der Waals surface area contributed by atoms with E-state index in [1.807, 2.05) is 25.7 Å². The number of hydrogen-bond acceptors (Lipinski definition) is 5. The van der Waals surface area contributed by atoms with Gasteiger partial charge in [-0.05, 0) is 57.3 Å². The summed E-state index contributed by atoms with van der Waals surface area (Å²) in [6.45, 7) is 7.37. The molecule has 0 spiro atoms. The number of pyridine rings is 1. The number of nitrogens with zero attached hydrogens (tertiary/aromatic N) is 2. The van der Waals surface area contributed by atoms with Crippen LogP contribution in [0.5, 0.6) is 0 Å². The number of aromatic nitrogens is 1. The lowest BCUT2D eigenvalue weighted by molar-refractivity contribution is 0.0692. The van der Waals surface area contributed by atoms with Crippen molar-refractivity contribution in [3.63, 3.8) is 0 Å². The van der Waals surface area contributed by atoms with E-state index in [4.69, 9.17) is 4.74 Å². The molecule has 1 unspecified atom stereocenters. The summed E-state index contributed by atoms with van der Waals surface area (Å²) < 4.78 is 37.0. The molecule has 1 fully saturated rings. The fourth-order valence-electron chi connectivity index (χ4n) is 4.73. The highest BCUT2D eigenvalue weighted by Gasteiger charge is 2.28. The minimum absolute atomic E-state index is 0.0782. The predicted octanol–water partition coefficient (Wildman–Crippen LogP) is 4.59. The number of carbonyl (C=O) groups is 1. The largest absolute Gasteiger partial charge is 0.477 e. The van der Waals surface area contributed by atoms with Crippen molar-refractivity contribution >= 4 is 45.2 Å². The van der Waals surface area contributed by atoms with Gasteiger partial charge in [0.25, 0.3) is 0 Å². The van der Waals surface area contributed by atoms with Crippen LogP contribution in [-0.2, 0) is 11.2 Å². The second-order valence-electron chi connectivity index (χ2n) is 10.3. The minimum atomic E-state index is -1.37. The molecule has 4 rings (SSSR count). The van der Waals surface area contributed by atoms with Crippen molar-refractivity contribution in [2.24, 2.45) is 5.41 Å². The van der Waals surface area contributed by atoms with Crippen molar-refractivity contribution in [1.29, 1.82) is 0 Å². The van der Waals surface area contributed by atoms with Crippen molar-refractivity contribution in [2.45, 2.75) is 33.2 Å². The van der Waals surface area contributed by atoms with E-state index in [0.717, 1.165) is 0 Å². The summed E-state index contributed by atoms with van der Waals surface area (Å²) in [6, 6.07) is 5.98. The molecule has 1 saturated heterocycles. The Morgan fingerprint density at radius 1 is 1.16 bits per heavy atom. The average Bonchev–Trinajstić information content (AvgIpc) is 2.85. The summed E-state index contributed by atoms with van der Waals surface area (Å²) in [4.78, 5) is 26.8. The maximum Gasteiger partial charge on any atom is 0.341 e. The summed E-state index contributed by atoms with van der Waals surface area (Å²) in [5.74, 6) is -2.65. The number of carboxylic acid groups (broad SMARTS) is 1. The third kappa shape index (κ3) is 5.37. The Balaban J connectivity index is 1.84. The summed E-state index contributed by atoms with van der Waals surface area (Å²) in [6.07, 6.45) is 1.35. The van der Waals surface area contributed by atoms with Crippen molar-refractivity contribution in [3.8, 4) is 0 Å². The smallest absolute Gasteiger partial charge is 0.341 e. The first-order valence-corrected chi connectivity index (χ1v) is 13.0. The Hall–Kier alpha value is -2.57. The monoisotopic (exact) mass is 626 g/mol.